The van der Waals surface area contributed by atoms with Gasteiger partial charge in [0, 0.05) is 44.9 Å². The van der Waals surface area contributed by atoms with Crippen molar-refractivity contribution in [2.24, 2.45) is 0 Å². The first-order chi connectivity index (χ1) is 7.92. The highest BCUT2D eigenvalue weighted by molar-refractivity contribution is 4.91. The predicted molar refractivity (Wildman–Crippen MR) is 66.7 cm³/mol. The number of ether oxygens (including phenoxy) is 1. The van der Waals surface area contributed by atoms with Crippen LogP contribution in [0.4, 0.5) is 0 Å². The topological polar surface area (TPSA) is 24.5 Å². The summed E-state index contributed by atoms with van der Waals surface area (Å²) in [6, 6.07) is 1.58. The molecule has 1 saturated heterocycles. The molecule has 94 valence electrons. The molecule has 2 fully saturated rings. The summed E-state index contributed by atoms with van der Waals surface area (Å²) in [6.07, 6.45) is 6.81. The lowest BCUT2D eigenvalue weighted by atomic mass is 9.87. The second-order valence-corrected chi connectivity index (χ2v) is 5.00. The largest absolute Gasteiger partial charge is 0.382 e. The van der Waals surface area contributed by atoms with Crippen LogP contribution in [0.1, 0.15) is 39.0 Å². The number of rotatable bonds is 5. The zero-order valence-electron chi connectivity index (χ0n) is 10.6. The summed E-state index contributed by atoms with van der Waals surface area (Å²) < 4.78 is 5.42. The third-order valence-corrected chi connectivity index (χ3v) is 3.94. The van der Waals surface area contributed by atoms with Crippen molar-refractivity contribution in [1.29, 1.82) is 0 Å². The van der Waals surface area contributed by atoms with E-state index in [0.29, 0.717) is 0 Å². The Morgan fingerprint density at radius 1 is 1.31 bits per heavy atom. The fourth-order valence-electron chi connectivity index (χ4n) is 3.14. The zero-order valence-corrected chi connectivity index (χ0v) is 10.6. The van der Waals surface area contributed by atoms with Crippen LogP contribution in [0.3, 0.4) is 0 Å². The first-order valence-electron chi connectivity index (χ1n) is 6.97. The molecular formula is C13H26N2O. The number of hydrogen-bond acceptors (Lipinski definition) is 3. The third-order valence-electron chi connectivity index (χ3n) is 3.94. The van der Waals surface area contributed by atoms with E-state index in [9.17, 15) is 0 Å². The van der Waals surface area contributed by atoms with Crippen molar-refractivity contribution >= 4 is 0 Å². The van der Waals surface area contributed by atoms with Crippen molar-refractivity contribution < 1.29 is 4.74 Å². The maximum atomic E-state index is 5.42. The summed E-state index contributed by atoms with van der Waals surface area (Å²) in [7, 11) is 0. The molecule has 0 aromatic carbocycles. The fraction of sp³-hybridized carbons (Fsp3) is 1.00. The molecule has 1 aliphatic heterocycles. The van der Waals surface area contributed by atoms with Gasteiger partial charge in [-0.1, -0.05) is 12.8 Å². The van der Waals surface area contributed by atoms with Gasteiger partial charge in [-0.15, -0.1) is 0 Å². The van der Waals surface area contributed by atoms with E-state index >= 15 is 0 Å². The van der Waals surface area contributed by atoms with E-state index in [1.807, 2.05) is 0 Å². The van der Waals surface area contributed by atoms with E-state index in [1.54, 1.807) is 0 Å². The van der Waals surface area contributed by atoms with E-state index in [2.05, 4.69) is 17.1 Å². The molecule has 0 spiro atoms. The minimum absolute atomic E-state index is 0.773. The quantitative estimate of drug-likeness (QED) is 0.721. The first-order valence-corrected chi connectivity index (χ1v) is 6.97. The number of fused-ring (bicyclic) bond motifs is 1. The maximum absolute atomic E-state index is 5.42. The number of piperazine rings is 1. The zero-order chi connectivity index (χ0) is 11.2. The molecule has 0 unspecified atom stereocenters. The van der Waals surface area contributed by atoms with Crippen molar-refractivity contribution in [3.05, 3.63) is 0 Å². The Hall–Kier alpha value is -0.120. The van der Waals surface area contributed by atoms with Crippen LogP contribution >= 0.6 is 0 Å². The van der Waals surface area contributed by atoms with E-state index in [4.69, 9.17) is 4.74 Å². The Morgan fingerprint density at radius 3 is 3.06 bits per heavy atom. The summed E-state index contributed by atoms with van der Waals surface area (Å²) >= 11 is 0. The van der Waals surface area contributed by atoms with E-state index in [-0.39, 0.29) is 0 Å². The third kappa shape index (κ3) is 3.19. The van der Waals surface area contributed by atoms with E-state index < -0.39 is 0 Å². The Bertz CT molecular complexity index is 196. The molecule has 1 heterocycles. The Morgan fingerprint density at radius 2 is 2.19 bits per heavy atom. The predicted octanol–water partition coefficient (Wildman–Crippen LogP) is 1.63. The molecule has 2 atom stereocenters. The molecular weight excluding hydrogens is 200 g/mol. The standard InChI is InChI=1S/C13H26N2O/c1-2-16-11-5-9-15-10-8-14-12-6-3-4-7-13(12)15/h12-14H,2-11H2,1H3/t12-,13+/m0/s1. The minimum Gasteiger partial charge on any atom is -0.382 e. The maximum Gasteiger partial charge on any atom is 0.0478 e. The van der Waals surface area contributed by atoms with Crippen LogP contribution < -0.4 is 5.32 Å². The highest BCUT2D eigenvalue weighted by atomic mass is 16.5. The molecule has 0 bridgehead atoms. The van der Waals surface area contributed by atoms with Gasteiger partial charge in [0.05, 0.1) is 0 Å². The van der Waals surface area contributed by atoms with Gasteiger partial charge in [0.1, 0.15) is 0 Å². The van der Waals surface area contributed by atoms with Crippen molar-refractivity contribution in [3.8, 4) is 0 Å². The molecule has 1 N–H and O–H groups in total. The lowest BCUT2D eigenvalue weighted by Gasteiger charge is -2.44. The molecule has 1 saturated carbocycles. The lowest BCUT2D eigenvalue weighted by molar-refractivity contribution is 0.0715. The smallest absolute Gasteiger partial charge is 0.0478 e. The summed E-state index contributed by atoms with van der Waals surface area (Å²) in [5.41, 5.74) is 0. The molecule has 0 amide bonds. The van der Waals surface area contributed by atoms with Crippen LogP contribution in [-0.2, 0) is 4.74 Å². The van der Waals surface area contributed by atoms with E-state index in [1.165, 1.54) is 51.7 Å². The molecule has 0 aromatic rings. The summed E-state index contributed by atoms with van der Waals surface area (Å²) in [6.45, 7) is 7.49. The fourth-order valence-corrected chi connectivity index (χ4v) is 3.14. The number of nitrogens with one attached hydrogen (secondary N) is 1. The van der Waals surface area contributed by atoms with Gasteiger partial charge in [0.2, 0.25) is 0 Å². The van der Waals surface area contributed by atoms with Crippen molar-refractivity contribution in [3.63, 3.8) is 0 Å². The summed E-state index contributed by atoms with van der Waals surface area (Å²) in [4.78, 5) is 2.69. The van der Waals surface area contributed by atoms with Crippen molar-refractivity contribution in [2.45, 2.75) is 51.1 Å². The molecule has 16 heavy (non-hydrogen) atoms. The van der Waals surface area contributed by atoms with Gasteiger partial charge >= 0.3 is 0 Å². The Balaban J connectivity index is 1.74. The van der Waals surface area contributed by atoms with Crippen molar-refractivity contribution in [1.82, 2.24) is 10.2 Å². The molecule has 3 heteroatoms. The monoisotopic (exact) mass is 226 g/mol. The van der Waals surface area contributed by atoms with Gasteiger partial charge in [-0.3, -0.25) is 4.90 Å². The highest BCUT2D eigenvalue weighted by Crippen LogP contribution is 2.25. The average Bonchev–Trinajstić information content (AvgIpc) is 2.35. The van der Waals surface area contributed by atoms with Gasteiger partial charge in [-0.05, 0) is 26.2 Å². The van der Waals surface area contributed by atoms with E-state index in [0.717, 1.165) is 25.3 Å². The molecule has 0 aromatic heterocycles. The molecule has 3 nitrogen and oxygen atoms in total. The lowest BCUT2D eigenvalue weighted by Crippen LogP contribution is -2.59. The molecule has 2 aliphatic rings. The second-order valence-electron chi connectivity index (χ2n) is 5.00. The summed E-state index contributed by atoms with van der Waals surface area (Å²) in [5, 5.41) is 3.68. The van der Waals surface area contributed by atoms with Crippen LogP contribution in [0.5, 0.6) is 0 Å². The van der Waals surface area contributed by atoms with Gasteiger partial charge in [0.15, 0.2) is 0 Å². The Labute approximate surface area is 99.5 Å². The van der Waals surface area contributed by atoms with Gasteiger partial charge < -0.3 is 10.1 Å². The first kappa shape index (κ1) is 12.3. The van der Waals surface area contributed by atoms with Crippen LogP contribution in [-0.4, -0.2) is 49.8 Å². The average molecular weight is 226 g/mol. The second kappa shape index (κ2) is 6.58. The highest BCUT2D eigenvalue weighted by Gasteiger charge is 2.32. The van der Waals surface area contributed by atoms with Crippen LogP contribution in [0.25, 0.3) is 0 Å². The van der Waals surface area contributed by atoms with Crippen LogP contribution in [0, 0.1) is 0 Å². The summed E-state index contributed by atoms with van der Waals surface area (Å²) in [5.74, 6) is 0. The minimum atomic E-state index is 0.773. The van der Waals surface area contributed by atoms with Crippen LogP contribution in [0.15, 0.2) is 0 Å². The number of hydrogen-bond donors (Lipinski definition) is 1. The van der Waals surface area contributed by atoms with Gasteiger partial charge in [-0.25, -0.2) is 0 Å². The van der Waals surface area contributed by atoms with Crippen molar-refractivity contribution in [2.75, 3.05) is 32.8 Å². The SMILES string of the molecule is CCOCCCN1CCN[C@H]2CCCC[C@H]21. The molecule has 2 rings (SSSR count). The van der Waals surface area contributed by atoms with Gasteiger partial charge in [0.25, 0.3) is 0 Å². The van der Waals surface area contributed by atoms with Crippen LogP contribution in [0.2, 0.25) is 0 Å². The normalized spacial score (nSPS) is 31.3. The molecule has 1 aliphatic carbocycles. The molecule has 0 radical (unpaired) electrons. The number of nitrogens with zero attached hydrogens (tertiary/aromatic N) is 1. The van der Waals surface area contributed by atoms with Gasteiger partial charge in [-0.2, -0.15) is 0 Å². The Kier molecular flexibility index (Phi) is 5.07.